The van der Waals surface area contributed by atoms with Crippen molar-refractivity contribution in [1.82, 2.24) is 19.7 Å². The molecule has 1 atom stereocenters. The third-order valence-corrected chi connectivity index (χ3v) is 6.11. The van der Waals surface area contributed by atoms with Gasteiger partial charge in [-0.3, -0.25) is 4.90 Å². The first-order chi connectivity index (χ1) is 15.0. The first-order valence-corrected chi connectivity index (χ1v) is 10.8. The Labute approximate surface area is 180 Å². The molecule has 6 nitrogen and oxygen atoms in total. The monoisotopic (exact) mass is 424 g/mol. The van der Waals surface area contributed by atoms with Gasteiger partial charge in [0, 0.05) is 36.6 Å². The van der Waals surface area contributed by atoms with Crippen LogP contribution in [0.2, 0.25) is 0 Å². The van der Waals surface area contributed by atoms with E-state index in [1.807, 2.05) is 6.07 Å². The molecule has 2 aromatic carbocycles. The Bertz CT molecular complexity index is 1060. The summed E-state index contributed by atoms with van der Waals surface area (Å²) in [6, 6.07) is 10.3. The van der Waals surface area contributed by atoms with E-state index in [9.17, 15) is 8.78 Å². The van der Waals surface area contributed by atoms with Crippen LogP contribution in [0.3, 0.4) is 0 Å². The van der Waals surface area contributed by atoms with Crippen LogP contribution in [0.25, 0.3) is 5.69 Å². The molecule has 2 aliphatic rings. The maximum Gasteiger partial charge on any atom is 0.246 e. The third-order valence-electron chi connectivity index (χ3n) is 6.11. The number of halogens is 2. The first kappa shape index (κ1) is 19.9. The maximum absolute atomic E-state index is 13.5. The minimum absolute atomic E-state index is 0.285. The Kier molecular flexibility index (Phi) is 5.31. The minimum atomic E-state index is -0.652. The number of anilines is 3. The molecule has 162 valence electrons. The molecule has 0 radical (unpaired) electrons. The van der Waals surface area contributed by atoms with E-state index in [1.165, 1.54) is 61.2 Å². The molecule has 1 unspecified atom stereocenters. The Balaban J connectivity index is 1.31. The van der Waals surface area contributed by atoms with E-state index >= 15 is 0 Å². The zero-order chi connectivity index (χ0) is 21.4. The van der Waals surface area contributed by atoms with Crippen LogP contribution in [0.1, 0.15) is 24.8 Å². The third kappa shape index (κ3) is 4.39. The highest BCUT2D eigenvalue weighted by Gasteiger charge is 2.29. The topological polar surface area (TPSA) is 49.2 Å². The Hall–Kier alpha value is -3.00. The summed E-state index contributed by atoms with van der Waals surface area (Å²) >= 11 is 0. The van der Waals surface area contributed by atoms with Crippen LogP contribution in [0.5, 0.6) is 0 Å². The molecule has 3 aromatic rings. The van der Waals surface area contributed by atoms with Crippen LogP contribution >= 0.6 is 0 Å². The van der Waals surface area contributed by atoms with E-state index in [-0.39, 0.29) is 5.69 Å². The van der Waals surface area contributed by atoms with E-state index in [0.29, 0.717) is 12.0 Å². The molecule has 0 aliphatic carbocycles. The van der Waals surface area contributed by atoms with Crippen molar-refractivity contribution in [1.29, 1.82) is 0 Å². The summed E-state index contributed by atoms with van der Waals surface area (Å²) in [7, 11) is 0. The summed E-state index contributed by atoms with van der Waals surface area (Å²) in [4.78, 5) is 9.32. The van der Waals surface area contributed by atoms with E-state index in [0.717, 1.165) is 30.4 Å². The van der Waals surface area contributed by atoms with Gasteiger partial charge in [0.2, 0.25) is 5.95 Å². The molecule has 1 N–H and O–H groups in total. The highest BCUT2D eigenvalue weighted by atomic mass is 19.1. The number of rotatable bonds is 5. The number of hydrogen-bond acceptors (Lipinski definition) is 5. The molecular weight excluding hydrogens is 398 g/mol. The van der Waals surface area contributed by atoms with Crippen molar-refractivity contribution in [2.75, 3.05) is 36.4 Å². The average molecular weight is 424 g/mol. The summed E-state index contributed by atoms with van der Waals surface area (Å²) in [6.45, 7) is 6.64. The normalized spacial score (nSPS) is 19.3. The first-order valence-electron chi connectivity index (χ1n) is 10.8. The summed E-state index contributed by atoms with van der Waals surface area (Å²) < 4.78 is 28.4. The van der Waals surface area contributed by atoms with Crippen molar-refractivity contribution in [2.45, 2.75) is 32.2 Å². The van der Waals surface area contributed by atoms with Crippen LogP contribution in [0.4, 0.5) is 26.1 Å². The van der Waals surface area contributed by atoms with Crippen molar-refractivity contribution in [3.8, 4) is 5.69 Å². The summed E-state index contributed by atoms with van der Waals surface area (Å²) in [5, 5.41) is 7.55. The number of nitrogens with zero attached hydrogens (tertiary/aromatic N) is 5. The lowest BCUT2D eigenvalue weighted by atomic mass is 10.2. The Morgan fingerprint density at radius 1 is 0.935 bits per heavy atom. The summed E-state index contributed by atoms with van der Waals surface area (Å²) in [5.41, 5.74) is 3.52. The van der Waals surface area contributed by atoms with E-state index in [2.05, 4.69) is 44.3 Å². The van der Waals surface area contributed by atoms with Crippen molar-refractivity contribution >= 4 is 17.3 Å². The van der Waals surface area contributed by atoms with Crippen LogP contribution in [0, 0.1) is 18.6 Å². The molecule has 8 heteroatoms. The van der Waals surface area contributed by atoms with Crippen molar-refractivity contribution in [3.63, 3.8) is 0 Å². The van der Waals surface area contributed by atoms with E-state index in [1.54, 1.807) is 0 Å². The van der Waals surface area contributed by atoms with Gasteiger partial charge in [-0.2, -0.15) is 4.98 Å². The number of aromatic nitrogens is 3. The van der Waals surface area contributed by atoms with Gasteiger partial charge < -0.3 is 10.2 Å². The molecule has 0 spiro atoms. The van der Waals surface area contributed by atoms with Gasteiger partial charge in [0.15, 0.2) is 0 Å². The van der Waals surface area contributed by atoms with Crippen molar-refractivity contribution in [3.05, 3.63) is 59.9 Å². The largest absolute Gasteiger partial charge is 0.370 e. The smallest absolute Gasteiger partial charge is 0.246 e. The quantitative estimate of drug-likeness (QED) is 0.663. The molecule has 0 bridgehead atoms. The number of aryl methyl sites for hydroxylation is 1. The molecule has 0 amide bonds. The standard InChI is InChI=1S/C23H26F2N6/c1-16-8-19(13-21(9-16)30-7-4-20(14-30)29-5-2-3-6-29)27-23-26-15-31(28-23)22-11-17(24)10-18(25)12-22/h8-13,15,20H,2-7,14H2,1H3,(H,27,28). The minimum Gasteiger partial charge on any atom is -0.370 e. The Morgan fingerprint density at radius 2 is 1.71 bits per heavy atom. The second-order valence-electron chi connectivity index (χ2n) is 8.45. The maximum atomic E-state index is 13.5. The van der Waals surface area contributed by atoms with Crippen LogP contribution in [-0.4, -0.2) is 51.9 Å². The van der Waals surface area contributed by atoms with E-state index in [4.69, 9.17) is 0 Å². The molecule has 5 rings (SSSR count). The summed E-state index contributed by atoms with van der Waals surface area (Å²) in [6.07, 6.45) is 5.27. The van der Waals surface area contributed by atoms with Gasteiger partial charge in [-0.25, -0.2) is 13.5 Å². The predicted octanol–water partition coefficient (Wildman–Crippen LogP) is 4.27. The van der Waals surface area contributed by atoms with E-state index < -0.39 is 11.6 Å². The predicted molar refractivity (Wildman–Crippen MR) is 117 cm³/mol. The zero-order valence-corrected chi connectivity index (χ0v) is 17.6. The fourth-order valence-electron chi connectivity index (χ4n) is 4.64. The van der Waals surface area contributed by atoms with Crippen molar-refractivity contribution < 1.29 is 8.78 Å². The van der Waals surface area contributed by atoms with Gasteiger partial charge in [-0.05, 0) is 75.2 Å². The fraction of sp³-hybridized carbons (Fsp3) is 0.391. The van der Waals surface area contributed by atoms with Gasteiger partial charge in [0.05, 0.1) is 5.69 Å². The SMILES string of the molecule is Cc1cc(Nc2ncn(-c3cc(F)cc(F)c3)n2)cc(N2CCC(N3CCCC3)C2)c1. The molecule has 2 fully saturated rings. The molecular formula is C23H26F2N6. The fourth-order valence-corrected chi connectivity index (χ4v) is 4.64. The number of likely N-dealkylation sites (tertiary alicyclic amines) is 1. The molecule has 1 aromatic heterocycles. The van der Waals surface area contributed by atoms with Crippen LogP contribution in [0.15, 0.2) is 42.7 Å². The molecule has 2 saturated heterocycles. The lowest BCUT2D eigenvalue weighted by molar-refractivity contribution is 0.260. The molecule has 3 heterocycles. The summed E-state index contributed by atoms with van der Waals surface area (Å²) in [5.74, 6) is -0.931. The number of hydrogen-bond donors (Lipinski definition) is 1. The molecule has 31 heavy (non-hydrogen) atoms. The number of benzene rings is 2. The molecule has 0 saturated carbocycles. The average Bonchev–Trinajstić information content (AvgIpc) is 3.48. The van der Waals surface area contributed by atoms with Gasteiger partial charge in [-0.15, -0.1) is 5.10 Å². The second kappa shape index (κ2) is 8.26. The van der Waals surface area contributed by atoms with Gasteiger partial charge in [-0.1, -0.05) is 0 Å². The van der Waals surface area contributed by atoms with Crippen LogP contribution in [-0.2, 0) is 0 Å². The lowest BCUT2D eigenvalue weighted by Crippen LogP contribution is -2.35. The van der Waals surface area contributed by atoms with Gasteiger partial charge >= 0.3 is 0 Å². The highest BCUT2D eigenvalue weighted by Crippen LogP contribution is 2.29. The van der Waals surface area contributed by atoms with Crippen LogP contribution < -0.4 is 10.2 Å². The van der Waals surface area contributed by atoms with Crippen molar-refractivity contribution in [2.24, 2.45) is 0 Å². The zero-order valence-electron chi connectivity index (χ0n) is 17.6. The molecule has 2 aliphatic heterocycles. The second-order valence-corrected chi connectivity index (χ2v) is 8.45. The lowest BCUT2D eigenvalue weighted by Gasteiger charge is -2.25. The highest BCUT2D eigenvalue weighted by molar-refractivity contribution is 5.64. The van der Waals surface area contributed by atoms with Gasteiger partial charge in [0.1, 0.15) is 18.0 Å². The number of nitrogens with one attached hydrogen (secondary N) is 1. The Morgan fingerprint density at radius 3 is 2.48 bits per heavy atom. The van der Waals surface area contributed by atoms with Gasteiger partial charge in [0.25, 0.3) is 0 Å².